The first kappa shape index (κ1) is 9.96. The fourth-order valence-electron chi connectivity index (χ4n) is 0.977. The summed E-state index contributed by atoms with van der Waals surface area (Å²) in [6, 6.07) is 5.25. The molecule has 14 heavy (non-hydrogen) atoms. The summed E-state index contributed by atoms with van der Waals surface area (Å²) in [5, 5.41) is 7.95. The maximum absolute atomic E-state index is 5.79. The van der Waals surface area contributed by atoms with Crippen LogP contribution < -0.4 is 0 Å². The van der Waals surface area contributed by atoms with E-state index in [0.717, 1.165) is 10.0 Å². The van der Waals surface area contributed by atoms with E-state index < -0.39 is 0 Å². The maximum Gasteiger partial charge on any atom is 0.313 e. The van der Waals surface area contributed by atoms with Gasteiger partial charge in [-0.25, -0.2) is 0 Å². The average Bonchev–Trinajstić information content (AvgIpc) is 2.51. The minimum atomic E-state index is 0.0156. The summed E-state index contributed by atoms with van der Waals surface area (Å²) in [6.07, 6.45) is 0. The van der Waals surface area contributed by atoms with Gasteiger partial charge >= 0.3 is 5.35 Å². The molecule has 0 N–H and O–H groups in total. The second kappa shape index (κ2) is 3.88. The number of hydrogen-bond acceptors (Lipinski definition) is 3. The van der Waals surface area contributed by atoms with Crippen LogP contribution in [0.5, 0.6) is 0 Å². The summed E-state index contributed by atoms with van der Waals surface area (Å²) in [6.45, 7) is 0. The first-order valence-corrected chi connectivity index (χ1v) is 5.16. The lowest BCUT2D eigenvalue weighted by Gasteiger charge is -1.98. The Balaban J connectivity index is 2.52. The zero-order valence-corrected chi connectivity index (χ0v) is 9.77. The molecule has 0 saturated carbocycles. The summed E-state index contributed by atoms with van der Waals surface area (Å²) < 4.78 is 5.84. The maximum atomic E-state index is 5.79. The van der Waals surface area contributed by atoms with Crippen molar-refractivity contribution in [2.45, 2.75) is 0 Å². The number of halogens is 3. The fraction of sp³-hybridized carbons (Fsp3) is 0. The van der Waals surface area contributed by atoms with E-state index in [1.807, 2.05) is 0 Å². The Morgan fingerprint density at radius 3 is 2.57 bits per heavy atom. The van der Waals surface area contributed by atoms with Crippen LogP contribution in [0.3, 0.4) is 0 Å². The Bertz CT molecular complexity index is 472. The summed E-state index contributed by atoms with van der Waals surface area (Å²) in [5.41, 5.74) is 0.758. The van der Waals surface area contributed by atoms with Crippen LogP contribution in [-0.4, -0.2) is 10.2 Å². The molecule has 0 fully saturated rings. The van der Waals surface area contributed by atoms with Crippen molar-refractivity contribution in [1.82, 2.24) is 10.2 Å². The van der Waals surface area contributed by atoms with Gasteiger partial charge in [-0.2, -0.15) is 0 Å². The van der Waals surface area contributed by atoms with Gasteiger partial charge in [-0.05, 0) is 45.7 Å². The zero-order chi connectivity index (χ0) is 10.1. The molecule has 3 nitrogen and oxygen atoms in total. The highest BCUT2D eigenvalue weighted by molar-refractivity contribution is 9.10. The van der Waals surface area contributed by atoms with E-state index in [1.165, 1.54) is 0 Å². The SMILES string of the molecule is Clc1ccc(-c2nnc(Cl)o2)c(Br)c1. The molecule has 0 radical (unpaired) electrons. The molecule has 0 saturated heterocycles. The molecule has 0 aliphatic carbocycles. The molecule has 0 bridgehead atoms. The van der Waals surface area contributed by atoms with E-state index in [4.69, 9.17) is 27.6 Å². The molecule has 72 valence electrons. The second-order valence-corrected chi connectivity index (χ2v) is 4.10. The third-order valence-corrected chi connectivity index (χ3v) is 2.61. The second-order valence-electron chi connectivity index (χ2n) is 2.48. The molecule has 1 aromatic heterocycles. The van der Waals surface area contributed by atoms with Crippen LogP contribution in [0.2, 0.25) is 10.4 Å². The number of rotatable bonds is 1. The normalized spacial score (nSPS) is 10.5. The van der Waals surface area contributed by atoms with Gasteiger partial charge in [-0.3, -0.25) is 0 Å². The molecule has 2 aromatic rings. The first-order chi connectivity index (χ1) is 6.66. The van der Waals surface area contributed by atoms with E-state index in [9.17, 15) is 0 Å². The lowest BCUT2D eigenvalue weighted by Crippen LogP contribution is -1.79. The summed E-state index contributed by atoms with van der Waals surface area (Å²) in [7, 11) is 0. The van der Waals surface area contributed by atoms with Crippen molar-refractivity contribution in [3.8, 4) is 11.5 Å². The predicted octanol–water partition coefficient (Wildman–Crippen LogP) is 3.81. The van der Waals surface area contributed by atoms with Crippen LogP contribution in [0.4, 0.5) is 0 Å². The first-order valence-electron chi connectivity index (χ1n) is 3.61. The molecule has 0 spiro atoms. The third-order valence-electron chi connectivity index (χ3n) is 1.56. The highest BCUT2D eigenvalue weighted by Crippen LogP contribution is 2.30. The number of benzene rings is 1. The quantitative estimate of drug-likeness (QED) is 0.802. The molecule has 2 rings (SSSR count). The van der Waals surface area contributed by atoms with Crippen molar-refractivity contribution in [2.24, 2.45) is 0 Å². The van der Waals surface area contributed by atoms with Gasteiger partial charge in [0.1, 0.15) is 0 Å². The van der Waals surface area contributed by atoms with Crippen molar-refractivity contribution < 1.29 is 4.42 Å². The Labute approximate surface area is 98.2 Å². The Hall–Kier alpha value is -0.580. The molecule has 0 atom stereocenters. The standard InChI is InChI=1S/C8H3BrCl2N2O/c9-6-3-4(10)1-2-5(6)7-12-13-8(11)14-7/h1-3H. The fourth-order valence-corrected chi connectivity index (χ4v) is 1.94. The minimum absolute atomic E-state index is 0.0156. The van der Waals surface area contributed by atoms with Crippen LogP contribution in [0, 0.1) is 0 Å². The smallest absolute Gasteiger partial charge is 0.313 e. The van der Waals surface area contributed by atoms with Gasteiger partial charge in [0, 0.05) is 9.50 Å². The Morgan fingerprint density at radius 1 is 1.21 bits per heavy atom. The van der Waals surface area contributed by atoms with Crippen molar-refractivity contribution in [2.75, 3.05) is 0 Å². The van der Waals surface area contributed by atoms with Crippen LogP contribution in [0.1, 0.15) is 0 Å². The van der Waals surface area contributed by atoms with E-state index in [2.05, 4.69) is 26.1 Å². The van der Waals surface area contributed by atoms with Gasteiger partial charge < -0.3 is 4.42 Å². The van der Waals surface area contributed by atoms with Gasteiger partial charge in [0.15, 0.2) is 0 Å². The van der Waals surface area contributed by atoms with Gasteiger partial charge in [0.05, 0.1) is 5.56 Å². The van der Waals surface area contributed by atoms with Crippen LogP contribution >= 0.6 is 39.1 Å². The topological polar surface area (TPSA) is 38.9 Å². The lowest BCUT2D eigenvalue weighted by molar-refractivity contribution is 0.570. The van der Waals surface area contributed by atoms with Gasteiger partial charge in [-0.15, -0.1) is 5.10 Å². The minimum Gasteiger partial charge on any atom is -0.407 e. The van der Waals surface area contributed by atoms with Gasteiger partial charge in [0.2, 0.25) is 5.89 Å². The highest BCUT2D eigenvalue weighted by atomic mass is 79.9. The Kier molecular flexibility index (Phi) is 2.76. The van der Waals surface area contributed by atoms with Crippen LogP contribution in [0.25, 0.3) is 11.5 Å². The largest absolute Gasteiger partial charge is 0.407 e. The van der Waals surface area contributed by atoms with E-state index >= 15 is 0 Å². The Morgan fingerprint density at radius 2 is 2.00 bits per heavy atom. The predicted molar refractivity (Wildman–Crippen MR) is 57.5 cm³/mol. The van der Waals surface area contributed by atoms with E-state index in [-0.39, 0.29) is 5.35 Å². The van der Waals surface area contributed by atoms with Crippen molar-refractivity contribution in [3.63, 3.8) is 0 Å². The number of nitrogens with zero attached hydrogens (tertiary/aromatic N) is 2. The lowest BCUT2D eigenvalue weighted by atomic mass is 10.2. The number of hydrogen-bond donors (Lipinski definition) is 0. The summed E-state index contributed by atoms with van der Waals surface area (Å²) >= 11 is 14.6. The van der Waals surface area contributed by atoms with Crippen molar-refractivity contribution in [1.29, 1.82) is 0 Å². The molecule has 0 aliphatic heterocycles. The molecule has 1 heterocycles. The molecule has 0 unspecified atom stereocenters. The summed E-state index contributed by atoms with van der Waals surface area (Å²) in [5.74, 6) is 0.360. The molecule has 6 heteroatoms. The van der Waals surface area contributed by atoms with E-state index in [1.54, 1.807) is 18.2 Å². The van der Waals surface area contributed by atoms with Gasteiger partial charge in [-0.1, -0.05) is 16.7 Å². The average molecular weight is 294 g/mol. The number of aromatic nitrogens is 2. The van der Waals surface area contributed by atoms with Crippen LogP contribution in [0.15, 0.2) is 27.1 Å². The molecule has 1 aromatic carbocycles. The van der Waals surface area contributed by atoms with Gasteiger partial charge in [0.25, 0.3) is 0 Å². The van der Waals surface area contributed by atoms with Crippen LogP contribution in [-0.2, 0) is 0 Å². The molecule has 0 aliphatic rings. The highest BCUT2D eigenvalue weighted by Gasteiger charge is 2.10. The third kappa shape index (κ3) is 1.92. The molecular weight excluding hydrogens is 291 g/mol. The zero-order valence-electron chi connectivity index (χ0n) is 6.67. The molecule has 0 amide bonds. The van der Waals surface area contributed by atoms with Crippen molar-refractivity contribution in [3.05, 3.63) is 33.0 Å². The monoisotopic (exact) mass is 292 g/mol. The van der Waals surface area contributed by atoms with Crippen molar-refractivity contribution >= 4 is 39.1 Å². The summed E-state index contributed by atoms with van der Waals surface area (Å²) in [4.78, 5) is 0. The van der Waals surface area contributed by atoms with E-state index in [0.29, 0.717) is 10.9 Å². The molecular formula is C8H3BrCl2N2O.